The lowest BCUT2D eigenvalue weighted by Gasteiger charge is -2.14. The molecule has 0 fully saturated rings. The van der Waals surface area contributed by atoms with E-state index in [-0.39, 0.29) is 12.5 Å². The van der Waals surface area contributed by atoms with E-state index in [1.54, 1.807) is 43.5 Å². The highest BCUT2D eigenvalue weighted by Gasteiger charge is 2.14. The highest BCUT2D eigenvalue weighted by Crippen LogP contribution is 2.29. The van der Waals surface area contributed by atoms with Gasteiger partial charge in [-0.2, -0.15) is 0 Å². The van der Waals surface area contributed by atoms with Crippen LogP contribution in [0.2, 0.25) is 0 Å². The summed E-state index contributed by atoms with van der Waals surface area (Å²) in [7, 11) is 0. The standard InChI is InChI=1S/C27H23F2N3O2/c1-17-6-3-4-8-24(17)32-26-15-22(10-11-30-26)34-25-9-5-7-23(18(25)2)27(33)31-16-19-12-20(28)14-21(29)13-19/h3-15H,16H2,1-2H3,(H,30,32)(H,31,33). The second-order valence-corrected chi connectivity index (χ2v) is 7.81. The van der Waals surface area contributed by atoms with Crippen LogP contribution in [0.4, 0.5) is 20.3 Å². The van der Waals surface area contributed by atoms with Crippen LogP contribution in [0, 0.1) is 25.5 Å². The van der Waals surface area contributed by atoms with Crippen molar-refractivity contribution in [2.75, 3.05) is 5.32 Å². The normalized spacial score (nSPS) is 10.6. The number of rotatable bonds is 7. The minimum absolute atomic E-state index is 0.00365. The molecule has 1 amide bonds. The zero-order valence-electron chi connectivity index (χ0n) is 18.7. The van der Waals surface area contributed by atoms with Crippen LogP contribution in [-0.2, 0) is 6.54 Å². The zero-order valence-corrected chi connectivity index (χ0v) is 18.7. The van der Waals surface area contributed by atoms with Crippen LogP contribution in [0.15, 0.2) is 79.0 Å². The lowest BCUT2D eigenvalue weighted by atomic mass is 10.1. The van der Waals surface area contributed by atoms with Crippen molar-refractivity contribution < 1.29 is 18.3 Å². The molecule has 1 aromatic heterocycles. The fourth-order valence-electron chi connectivity index (χ4n) is 3.48. The maximum Gasteiger partial charge on any atom is 0.251 e. The third kappa shape index (κ3) is 5.56. The van der Waals surface area contributed by atoms with Gasteiger partial charge in [-0.25, -0.2) is 13.8 Å². The molecule has 4 rings (SSSR count). The van der Waals surface area contributed by atoms with E-state index in [2.05, 4.69) is 15.6 Å². The van der Waals surface area contributed by atoms with Gasteiger partial charge in [-0.3, -0.25) is 4.79 Å². The van der Waals surface area contributed by atoms with Gasteiger partial charge in [0.05, 0.1) is 0 Å². The second-order valence-electron chi connectivity index (χ2n) is 7.81. The Morgan fingerprint density at radius 3 is 2.47 bits per heavy atom. The highest BCUT2D eigenvalue weighted by molar-refractivity contribution is 5.96. The van der Waals surface area contributed by atoms with Gasteiger partial charge in [-0.1, -0.05) is 24.3 Å². The molecular formula is C27H23F2N3O2. The van der Waals surface area contributed by atoms with Gasteiger partial charge in [-0.15, -0.1) is 0 Å². The number of benzene rings is 3. The van der Waals surface area contributed by atoms with E-state index in [0.717, 1.165) is 17.3 Å². The summed E-state index contributed by atoms with van der Waals surface area (Å²) < 4.78 is 32.8. The summed E-state index contributed by atoms with van der Waals surface area (Å²) >= 11 is 0. The molecule has 34 heavy (non-hydrogen) atoms. The van der Waals surface area contributed by atoms with Crippen LogP contribution in [0.3, 0.4) is 0 Å². The van der Waals surface area contributed by atoms with Gasteiger partial charge in [0.1, 0.15) is 29.0 Å². The predicted octanol–water partition coefficient (Wildman–Crippen LogP) is 6.44. The summed E-state index contributed by atoms with van der Waals surface area (Å²) in [6, 6.07) is 19.7. The van der Waals surface area contributed by atoms with Crippen molar-refractivity contribution in [1.82, 2.24) is 10.3 Å². The predicted molar refractivity (Wildman–Crippen MR) is 127 cm³/mol. The average Bonchev–Trinajstić information content (AvgIpc) is 2.80. The van der Waals surface area contributed by atoms with E-state index in [1.165, 1.54) is 12.1 Å². The van der Waals surface area contributed by atoms with E-state index >= 15 is 0 Å². The molecule has 0 aliphatic carbocycles. The first-order valence-electron chi connectivity index (χ1n) is 10.7. The number of anilines is 2. The molecular weight excluding hydrogens is 436 g/mol. The first kappa shape index (κ1) is 22.9. The largest absolute Gasteiger partial charge is 0.457 e. The minimum Gasteiger partial charge on any atom is -0.457 e. The average molecular weight is 459 g/mol. The molecule has 5 nitrogen and oxygen atoms in total. The van der Waals surface area contributed by atoms with Gasteiger partial charge in [0.2, 0.25) is 0 Å². The van der Waals surface area contributed by atoms with Crippen molar-refractivity contribution >= 4 is 17.4 Å². The molecule has 3 aromatic carbocycles. The molecule has 0 saturated heterocycles. The van der Waals surface area contributed by atoms with Crippen molar-refractivity contribution in [3.8, 4) is 11.5 Å². The molecule has 0 spiro atoms. The summed E-state index contributed by atoms with van der Waals surface area (Å²) in [5, 5.41) is 5.97. The third-order valence-electron chi connectivity index (χ3n) is 5.27. The summed E-state index contributed by atoms with van der Waals surface area (Å²) in [5.41, 5.74) is 3.41. The van der Waals surface area contributed by atoms with Gasteiger partial charge in [0.25, 0.3) is 5.91 Å². The van der Waals surface area contributed by atoms with Gasteiger partial charge < -0.3 is 15.4 Å². The number of carbonyl (C=O) groups excluding carboxylic acids is 1. The number of halogens is 2. The molecule has 172 valence electrons. The fraction of sp³-hybridized carbons (Fsp3) is 0.111. The minimum atomic E-state index is -0.690. The molecule has 4 aromatic rings. The van der Waals surface area contributed by atoms with Gasteiger partial charge in [-0.05, 0) is 61.4 Å². The summed E-state index contributed by atoms with van der Waals surface area (Å²) in [6.45, 7) is 3.78. The molecule has 0 atom stereocenters. The highest BCUT2D eigenvalue weighted by atomic mass is 19.1. The second kappa shape index (κ2) is 10.1. The first-order chi connectivity index (χ1) is 16.4. The van der Waals surface area contributed by atoms with E-state index in [1.807, 2.05) is 31.2 Å². The van der Waals surface area contributed by atoms with E-state index in [4.69, 9.17) is 4.74 Å². The lowest BCUT2D eigenvalue weighted by Crippen LogP contribution is -2.23. The van der Waals surface area contributed by atoms with Gasteiger partial charge in [0.15, 0.2) is 0 Å². The number of nitrogens with one attached hydrogen (secondary N) is 2. The van der Waals surface area contributed by atoms with Crippen LogP contribution in [0.1, 0.15) is 27.0 Å². The van der Waals surface area contributed by atoms with Crippen LogP contribution in [0.25, 0.3) is 0 Å². The fourth-order valence-corrected chi connectivity index (χ4v) is 3.48. The lowest BCUT2D eigenvalue weighted by molar-refractivity contribution is 0.0950. The summed E-state index contributed by atoms with van der Waals surface area (Å²) in [4.78, 5) is 17.1. The molecule has 0 saturated carbocycles. The van der Waals surface area contributed by atoms with Crippen molar-refractivity contribution in [2.24, 2.45) is 0 Å². The maximum atomic E-state index is 13.4. The monoisotopic (exact) mass is 459 g/mol. The SMILES string of the molecule is Cc1ccccc1Nc1cc(Oc2cccc(C(=O)NCc3cc(F)cc(F)c3)c2C)ccn1. The van der Waals surface area contributed by atoms with E-state index in [9.17, 15) is 13.6 Å². The third-order valence-corrected chi connectivity index (χ3v) is 5.27. The number of ether oxygens (including phenoxy) is 1. The Kier molecular flexibility index (Phi) is 6.82. The smallest absolute Gasteiger partial charge is 0.251 e. The van der Waals surface area contributed by atoms with Gasteiger partial charge >= 0.3 is 0 Å². The molecule has 0 aliphatic heterocycles. The number of carbonyl (C=O) groups is 1. The number of hydrogen-bond donors (Lipinski definition) is 2. The number of para-hydroxylation sites is 1. The molecule has 0 radical (unpaired) electrons. The van der Waals surface area contributed by atoms with Crippen LogP contribution >= 0.6 is 0 Å². The quantitative estimate of drug-likeness (QED) is 0.334. The summed E-state index contributed by atoms with van der Waals surface area (Å²) in [6.07, 6.45) is 1.64. The Bertz CT molecular complexity index is 1320. The molecule has 7 heteroatoms. The van der Waals surface area contributed by atoms with Crippen molar-refractivity contribution in [1.29, 1.82) is 0 Å². The van der Waals surface area contributed by atoms with Gasteiger partial charge in [0, 0.05) is 41.7 Å². The van der Waals surface area contributed by atoms with Crippen molar-refractivity contribution in [3.63, 3.8) is 0 Å². The van der Waals surface area contributed by atoms with Crippen LogP contribution < -0.4 is 15.4 Å². The van der Waals surface area contributed by atoms with Crippen molar-refractivity contribution in [2.45, 2.75) is 20.4 Å². The Morgan fingerprint density at radius 2 is 1.71 bits per heavy atom. The van der Waals surface area contributed by atoms with E-state index in [0.29, 0.717) is 34.0 Å². The Morgan fingerprint density at radius 1 is 0.941 bits per heavy atom. The molecule has 0 bridgehead atoms. The molecule has 0 unspecified atom stereocenters. The molecule has 0 aliphatic rings. The van der Waals surface area contributed by atoms with E-state index < -0.39 is 11.6 Å². The Labute approximate surface area is 196 Å². The first-order valence-corrected chi connectivity index (χ1v) is 10.7. The molecule has 2 N–H and O–H groups in total. The van der Waals surface area contributed by atoms with Crippen LogP contribution in [0.5, 0.6) is 11.5 Å². The number of aromatic nitrogens is 1. The molecule has 1 heterocycles. The number of amides is 1. The number of pyridine rings is 1. The Hall–Kier alpha value is -4.26. The zero-order chi connectivity index (χ0) is 24.1. The van der Waals surface area contributed by atoms with Crippen LogP contribution in [-0.4, -0.2) is 10.9 Å². The topological polar surface area (TPSA) is 63.2 Å². The summed E-state index contributed by atoms with van der Waals surface area (Å²) in [5.74, 6) is -0.0571. The number of nitrogens with zero attached hydrogens (tertiary/aromatic N) is 1. The Balaban J connectivity index is 1.47. The van der Waals surface area contributed by atoms with Crippen molar-refractivity contribution in [3.05, 3.63) is 113 Å². The number of hydrogen-bond acceptors (Lipinski definition) is 4. The maximum absolute atomic E-state index is 13.4. The number of aryl methyl sites for hydroxylation is 1.